The highest BCUT2D eigenvalue weighted by Crippen LogP contribution is 2.13. The summed E-state index contributed by atoms with van der Waals surface area (Å²) in [5.74, 6) is 0.959. The van der Waals surface area contributed by atoms with Crippen LogP contribution in [0.1, 0.15) is 0 Å². The lowest BCUT2D eigenvalue weighted by Crippen LogP contribution is -1.85. The standard InChI is InChI=1S/C7H8N4/c1-8-6-2-5-3-9-4-10-7(5)11-6/h2-4,8H,1H3,(H,9,10,11). The van der Waals surface area contributed by atoms with Gasteiger partial charge in [0.2, 0.25) is 0 Å². The van der Waals surface area contributed by atoms with Crippen molar-refractivity contribution < 1.29 is 0 Å². The molecule has 56 valence electrons. The van der Waals surface area contributed by atoms with E-state index in [9.17, 15) is 0 Å². The van der Waals surface area contributed by atoms with Crippen LogP contribution in [0.25, 0.3) is 11.0 Å². The molecule has 11 heavy (non-hydrogen) atoms. The summed E-state index contributed by atoms with van der Waals surface area (Å²) in [6.45, 7) is 0. The third-order valence-corrected chi connectivity index (χ3v) is 1.56. The quantitative estimate of drug-likeness (QED) is 0.634. The summed E-state index contributed by atoms with van der Waals surface area (Å²) in [6, 6.07) is 1.97. The Kier molecular flexibility index (Phi) is 1.25. The molecule has 2 heterocycles. The van der Waals surface area contributed by atoms with E-state index in [1.54, 1.807) is 6.20 Å². The van der Waals surface area contributed by atoms with Crippen LogP contribution in [0.4, 0.5) is 5.82 Å². The molecule has 0 amide bonds. The lowest BCUT2D eigenvalue weighted by molar-refractivity contribution is 1.20. The minimum atomic E-state index is 0.865. The van der Waals surface area contributed by atoms with Gasteiger partial charge in [0.15, 0.2) is 0 Å². The van der Waals surface area contributed by atoms with Crippen LogP contribution in [0.2, 0.25) is 0 Å². The predicted octanol–water partition coefficient (Wildman–Crippen LogP) is 1.000. The fourth-order valence-corrected chi connectivity index (χ4v) is 1.00. The molecule has 2 aromatic heterocycles. The van der Waals surface area contributed by atoms with E-state index in [-0.39, 0.29) is 0 Å². The minimum Gasteiger partial charge on any atom is -0.375 e. The molecule has 4 nitrogen and oxygen atoms in total. The van der Waals surface area contributed by atoms with E-state index in [1.807, 2.05) is 13.1 Å². The van der Waals surface area contributed by atoms with E-state index in [2.05, 4.69) is 20.3 Å². The normalized spacial score (nSPS) is 10.3. The van der Waals surface area contributed by atoms with Gasteiger partial charge in [-0.25, -0.2) is 9.97 Å². The van der Waals surface area contributed by atoms with Crippen molar-refractivity contribution in [3.63, 3.8) is 0 Å². The first-order valence-electron chi connectivity index (χ1n) is 3.36. The average molecular weight is 148 g/mol. The van der Waals surface area contributed by atoms with Gasteiger partial charge in [-0.1, -0.05) is 0 Å². The van der Waals surface area contributed by atoms with Crippen LogP contribution in [0.3, 0.4) is 0 Å². The van der Waals surface area contributed by atoms with Crippen LogP contribution >= 0.6 is 0 Å². The highest BCUT2D eigenvalue weighted by Gasteiger charge is 1.97. The van der Waals surface area contributed by atoms with Crippen molar-refractivity contribution in [2.24, 2.45) is 0 Å². The van der Waals surface area contributed by atoms with E-state index in [1.165, 1.54) is 6.33 Å². The summed E-state index contributed by atoms with van der Waals surface area (Å²) >= 11 is 0. The molecule has 4 heteroatoms. The number of aromatic nitrogens is 3. The Labute approximate surface area is 63.7 Å². The maximum Gasteiger partial charge on any atom is 0.142 e. The molecular weight excluding hydrogens is 140 g/mol. The van der Waals surface area contributed by atoms with Crippen molar-refractivity contribution in [2.75, 3.05) is 12.4 Å². The smallest absolute Gasteiger partial charge is 0.142 e. The van der Waals surface area contributed by atoms with E-state index in [0.29, 0.717) is 0 Å². The third kappa shape index (κ3) is 0.920. The lowest BCUT2D eigenvalue weighted by atomic mass is 10.4. The fraction of sp³-hybridized carbons (Fsp3) is 0.143. The van der Waals surface area contributed by atoms with Gasteiger partial charge in [0.05, 0.1) is 0 Å². The van der Waals surface area contributed by atoms with Gasteiger partial charge < -0.3 is 10.3 Å². The van der Waals surface area contributed by atoms with Crippen molar-refractivity contribution in [3.05, 3.63) is 18.6 Å². The zero-order chi connectivity index (χ0) is 7.68. The lowest BCUT2D eigenvalue weighted by Gasteiger charge is -1.88. The SMILES string of the molecule is CNc1cc2cncnc2[nH]1. The molecule has 0 unspecified atom stereocenters. The average Bonchev–Trinajstić information content (AvgIpc) is 2.46. The number of hydrogen-bond donors (Lipinski definition) is 2. The number of rotatable bonds is 1. The van der Waals surface area contributed by atoms with Crippen molar-refractivity contribution in [3.8, 4) is 0 Å². The first-order valence-corrected chi connectivity index (χ1v) is 3.36. The van der Waals surface area contributed by atoms with Gasteiger partial charge in [0.25, 0.3) is 0 Å². The van der Waals surface area contributed by atoms with Gasteiger partial charge >= 0.3 is 0 Å². The second-order valence-corrected chi connectivity index (χ2v) is 2.26. The number of nitrogens with one attached hydrogen (secondary N) is 2. The molecule has 2 aromatic rings. The molecule has 0 spiro atoms. The van der Waals surface area contributed by atoms with Crippen LogP contribution in [0, 0.1) is 0 Å². The monoisotopic (exact) mass is 148 g/mol. The maximum atomic E-state index is 4.04. The molecule has 2 rings (SSSR count). The number of anilines is 1. The Bertz CT molecular complexity index is 332. The molecule has 0 atom stereocenters. The van der Waals surface area contributed by atoms with Crippen LogP contribution in [-0.2, 0) is 0 Å². The summed E-state index contributed by atoms with van der Waals surface area (Å²) in [6.07, 6.45) is 3.30. The van der Waals surface area contributed by atoms with Gasteiger partial charge in [-0.3, -0.25) is 0 Å². The molecule has 0 bridgehead atoms. The van der Waals surface area contributed by atoms with E-state index >= 15 is 0 Å². The highest BCUT2D eigenvalue weighted by molar-refractivity contribution is 5.79. The Hall–Kier alpha value is -1.58. The first kappa shape index (κ1) is 6.15. The number of nitrogens with zero attached hydrogens (tertiary/aromatic N) is 2. The number of H-pyrrole nitrogens is 1. The van der Waals surface area contributed by atoms with E-state index in [0.717, 1.165) is 16.9 Å². The second kappa shape index (κ2) is 2.23. The molecule has 0 aromatic carbocycles. The van der Waals surface area contributed by atoms with Crippen molar-refractivity contribution >= 4 is 16.9 Å². The topological polar surface area (TPSA) is 53.6 Å². The molecular formula is C7H8N4. The molecule has 0 aliphatic carbocycles. The van der Waals surface area contributed by atoms with Crippen LogP contribution in [-0.4, -0.2) is 22.0 Å². The fourth-order valence-electron chi connectivity index (χ4n) is 1.00. The van der Waals surface area contributed by atoms with Gasteiger partial charge in [0.1, 0.15) is 17.8 Å². The first-order chi connectivity index (χ1) is 5.40. The van der Waals surface area contributed by atoms with Gasteiger partial charge in [-0.15, -0.1) is 0 Å². The Morgan fingerprint density at radius 1 is 1.55 bits per heavy atom. The van der Waals surface area contributed by atoms with Gasteiger partial charge in [0, 0.05) is 18.6 Å². The molecule has 0 fully saturated rings. The zero-order valence-corrected chi connectivity index (χ0v) is 6.13. The summed E-state index contributed by atoms with van der Waals surface area (Å²) in [7, 11) is 1.86. The van der Waals surface area contributed by atoms with Crippen LogP contribution in [0.15, 0.2) is 18.6 Å². The Morgan fingerprint density at radius 3 is 3.18 bits per heavy atom. The van der Waals surface area contributed by atoms with Crippen molar-refractivity contribution in [1.82, 2.24) is 15.0 Å². The summed E-state index contributed by atoms with van der Waals surface area (Å²) < 4.78 is 0. The molecule has 0 saturated carbocycles. The van der Waals surface area contributed by atoms with E-state index in [4.69, 9.17) is 0 Å². The van der Waals surface area contributed by atoms with Crippen LogP contribution in [0.5, 0.6) is 0 Å². The highest BCUT2D eigenvalue weighted by atomic mass is 15.0. The number of hydrogen-bond acceptors (Lipinski definition) is 3. The summed E-state index contributed by atoms with van der Waals surface area (Å²) in [5.41, 5.74) is 0.865. The van der Waals surface area contributed by atoms with Gasteiger partial charge in [-0.05, 0) is 6.07 Å². The molecule has 0 saturated heterocycles. The van der Waals surface area contributed by atoms with Crippen molar-refractivity contribution in [2.45, 2.75) is 0 Å². The minimum absolute atomic E-state index is 0.865. The van der Waals surface area contributed by atoms with Crippen molar-refractivity contribution in [1.29, 1.82) is 0 Å². The Balaban J connectivity index is 2.69. The summed E-state index contributed by atoms with van der Waals surface area (Å²) in [5, 5.41) is 4.02. The third-order valence-electron chi connectivity index (χ3n) is 1.56. The van der Waals surface area contributed by atoms with Gasteiger partial charge in [-0.2, -0.15) is 0 Å². The van der Waals surface area contributed by atoms with E-state index < -0.39 is 0 Å². The van der Waals surface area contributed by atoms with Crippen LogP contribution < -0.4 is 5.32 Å². The summed E-state index contributed by atoms with van der Waals surface area (Å²) in [4.78, 5) is 11.0. The molecule has 0 aliphatic heterocycles. The maximum absolute atomic E-state index is 4.04. The number of fused-ring (bicyclic) bond motifs is 1. The molecule has 2 N–H and O–H groups in total. The zero-order valence-electron chi connectivity index (χ0n) is 6.13. The largest absolute Gasteiger partial charge is 0.375 e. The number of aromatic amines is 1. The molecule has 0 aliphatic rings. The molecule has 0 radical (unpaired) electrons. The predicted molar refractivity (Wildman–Crippen MR) is 43.4 cm³/mol. The Morgan fingerprint density at radius 2 is 2.45 bits per heavy atom. The second-order valence-electron chi connectivity index (χ2n) is 2.26.